The molecule has 0 saturated carbocycles. The maximum atomic E-state index is 12.0. The Bertz CT molecular complexity index is 491. The minimum Gasteiger partial charge on any atom is -0.379 e. The lowest BCUT2D eigenvalue weighted by Gasteiger charge is -2.26. The van der Waals surface area contributed by atoms with Gasteiger partial charge in [-0.15, -0.1) is 0 Å². The normalized spacial score (nSPS) is 22.2. The molecule has 0 bridgehead atoms. The molecule has 0 aliphatic carbocycles. The molecule has 126 valence electrons. The first kappa shape index (κ1) is 16.4. The smallest absolute Gasteiger partial charge is 0.225 e. The minimum absolute atomic E-state index is 0.102. The van der Waals surface area contributed by atoms with Crippen molar-refractivity contribution in [3.05, 3.63) is 29.8 Å². The van der Waals surface area contributed by atoms with E-state index < -0.39 is 0 Å². The van der Waals surface area contributed by atoms with Crippen molar-refractivity contribution in [3.63, 3.8) is 0 Å². The average Bonchev–Trinajstić information content (AvgIpc) is 3.08. The van der Waals surface area contributed by atoms with Gasteiger partial charge in [-0.3, -0.25) is 9.69 Å². The molecule has 0 aromatic heterocycles. The molecular formula is C18H27N3O2. The van der Waals surface area contributed by atoms with Gasteiger partial charge in [-0.05, 0) is 43.5 Å². The molecule has 1 atom stereocenters. The van der Waals surface area contributed by atoms with Gasteiger partial charge in [-0.1, -0.05) is 12.1 Å². The lowest BCUT2D eigenvalue weighted by molar-refractivity contribution is -0.116. The zero-order chi connectivity index (χ0) is 15.9. The summed E-state index contributed by atoms with van der Waals surface area (Å²) in [5.74, 6) is 0.102. The standard InChI is InChI=1S/C18H27N3O2/c22-18(14-17-2-1-8-19-17)20-16-5-3-15(4-6-16)7-9-21-10-12-23-13-11-21/h3-6,17,19H,1-2,7-14H2,(H,20,22). The predicted molar refractivity (Wildman–Crippen MR) is 91.7 cm³/mol. The Morgan fingerprint density at radius 2 is 2.04 bits per heavy atom. The number of nitrogens with one attached hydrogen (secondary N) is 2. The molecule has 0 radical (unpaired) electrons. The fourth-order valence-electron chi connectivity index (χ4n) is 3.23. The monoisotopic (exact) mass is 317 g/mol. The van der Waals surface area contributed by atoms with E-state index in [9.17, 15) is 4.79 Å². The maximum Gasteiger partial charge on any atom is 0.225 e. The largest absolute Gasteiger partial charge is 0.379 e. The van der Waals surface area contributed by atoms with Crippen molar-refractivity contribution in [3.8, 4) is 0 Å². The van der Waals surface area contributed by atoms with E-state index in [1.807, 2.05) is 12.1 Å². The van der Waals surface area contributed by atoms with Gasteiger partial charge in [0.15, 0.2) is 0 Å². The molecule has 2 aliphatic heterocycles. The van der Waals surface area contributed by atoms with E-state index in [-0.39, 0.29) is 5.91 Å². The molecule has 1 aromatic rings. The van der Waals surface area contributed by atoms with Crippen LogP contribution in [0.1, 0.15) is 24.8 Å². The summed E-state index contributed by atoms with van der Waals surface area (Å²) < 4.78 is 5.37. The van der Waals surface area contributed by atoms with E-state index in [2.05, 4.69) is 27.7 Å². The maximum absolute atomic E-state index is 12.0. The highest BCUT2D eigenvalue weighted by molar-refractivity contribution is 5.91. The summed E-state index contributed by atoms with van der Waals surface area (Å²) in [4.78, 5) is 14.5. The van der Waals surface area contributed by atoms with Crippen LogP contribution in [0, 0.1) is 0 Å². The van der Waals surface area contributed by atoms with E-state index in [1.54, 1.807) is 0 Å². The molecule has 5 nitrogen and oxygen atoms in total. The highest BCUT2D eigenvalue weighted by Gasteiger charge is 2.17. The summed E-state index contributed by atoms with van der Waals surface area (Å²) in [6.07, 6.45) is 3.89. The molecular weight excluding hydrogens is 290 g/mol. The molecule has 0 spiro atoms. The fraction of sp³-hybridized carbons (Fsp3) is 0.611. The van der Waals surface area contributed by atoms with Gasteiger partial charge < -0.3 is 15.4 Å². The van der Waals surface area contributed by atoms with Crippen molar-refractivity contribution in [1.29, 1.82) is 0 Å². The third kappa shape index (κ3) is 5.30. The predicted octanol–water partition coefficient (Wildman–Crippen LogP) is 1.64. The van der Waals surface area contributed by atoms with Gasteiger partial charge in [0.25, 0.3) is 0 Å². The lowest BCUT2D eigenvalue weighted by Crippen LogP contribution is -2.37. The van der Waals surface area contributed by atoms with Crippen molar-refractivity contribution in [2.45, 2.75) is 31.7 Å². The Kier molecular flexibility index (Phi) is 6.02. The number of nitrogens with zero attached hydrogens (tertiary/aromatic N) is 1. The number of anilines is 1. The molecule has 2 heterocycles. The summed E-state index contributed by atoms with van der Waals surface area (Å²) >= 11 is 0. The van der Waals surface area contributed by atoms with Crippen LogP contribution in [0.5, 0.6) is 0 Å². The van der Waals surface area contributed by atoms with Crippen molar-refractivity contribution >= 4 is 11.6 Å². The number of benzene rings is 1. The van der Waals surface area contributed by atoms with Crippen molar-refractivity contribution in [2.75, 3.05) is 44.7 Å². The van der Waals surface area contributed by atoms with Gasteiger partial charge in [0, 0.05) is 37.8 Å². The summed E-state index contributed by atoms with van der Waals surface area (Å²) in [6.45, 7) is 5.87. The van der Waals surface area contributed by atoms with E-state index in [4.69, 9.17) is 4.74 Å². The SMILES string of the molecule is O=C(CC1CCCN1)Nc1ccc(CCN2CCOCC2)cc1. The lowest BCUT2D eigenvalue weighted by atomic mass is 10.1. The number of ether oxygens (including phenoxy) is 1. The zero-order valence-electron chi connectivity index (χ0n) is 13.7. The molecule has 2 saturated heterocycles. The first-order valence-electron chi connectivity index (χ1n) is 8.72. The third-order valence-electron chi connectivity index (χ3n) is 4.65. The first-order chi connectivity index (χ1) is 11.3. The molecule has 2 N–H and O–H groups in total. The van der Waals surface area contributed by atoms with Gasteiger partial charge in [-0.25, -0.2) is 0 Å². The summed E-state index contributed by atoms with van der Waals surface area (Å²) in [6, 6.07) is 8.60. The molecule has 1 aromatic carbocycles. The van der Waals surface area contributed by atoms with Gasteiger partial charge in [-0.2, -0.15) is 0 Å². The summed E-state index contributed by atoms with van der Waals surface area (Å²) in [5, 5.41) is 6.35. The second kappa shape index (κ2) is 8.43. The number of amides is 1. The van der Waals surface area contributed by atoms with Crippen LogP contribution in [0.2, 0.25) is 0 Å². The Morgan fingerprint density at radius 3 is 2.74 bits per heavy atom. The minimum atomic E-state index is 0.102. The van der Waals surface area contributed by atoms with Gasteiger partial charge in [0.2, 0.25) is 5.91 Å². The second-order valence-corrected chi connectivity index (χ2v) is 6.45. The van der Waals surface area contributed by atoms with Gasteiger partial charge in [0.1, 0.15) is 0 Å². The first-order valence-corrected chi connectivity index (χ1v) is 8.72. The van der Waals surface area contributed by atoms with Crippen LogP contribution in [0.15, 0.2) is 24.3 Å². The van der Waals surface area contributed by atoms with Crippen LogP contribution >= 0.6 is 0 Å². The quantitative estimate of drug-likeness (QED) is 0.837. The van der Waals surface area contributed by atoms with Crippen LogP contribution in [-0.4, -0.2) is 56.2 Å². The van der Waals surface area contributed by atoms with Gasteiger partial charge >= 0.3 is 0 Å². The Balaban J connectivity index is 1.41. The average molecular weight is 317 g/mol. The Labute approximate surface area is 138 Å². The van der Waals surface area contributed by atoms with E-state index >= 15 is 0 Å². The highest BCUT2D eigenvalue weighted by atomic mass is 16.5. The molecule has 2 fully saturated rings. The molecule has 1 unspecified atom stereocenters. The Morgan fingerprint density at radius 1 is 1.26 bits per heavy atom. The van der Waals surface area contributed by atoms with Crippen LogP contribution in [0.25, 0.3) is 0 Å². The van der Waals surface area contributed by atoms with Crippen LogP contribution in [0.3, 0.4) is 0 Å². The van der Waals surface area contributed by atoms with Crippen molar-refractivity contribution in [1.82, 2.24) is 10.2 Å². The molecule has 2 aliphatic rings. The van der Waals surface area contributed by atoms with E-state index in [0.29, 0.717) is 12.5 Å². The van der Waals surface area contributed by atoms with Crippen LogP contribution in [0.4, 0.5) is 5.69 Å². The van der Waals surface area contributed by atoms with Crippen molar-refractivity contribution in [2.24, 2.45) is 0 Å². The van der Waals surface area contributed by atoms with Gasteiger partial charge in [0.05, 0.1) is 13.2 Å². The molecule has 1 amide bonds. The molecule has 5 heteroatoms. The fourth-order valence-corrected chi connectivity index (χ4v) is 3.23. The van der Waals surface area contributed by atoms with E-state index in [1.165, 1.54) is 12.0 Å². The van der Waals surface area contributed by atoms with E-state index in [0.717, 1.165) is 57.9 Å². The topological polar surface area (TPSA) is 53.6 Å². The van der Waals surface area contributed by atoms with Crippen LogP contribution in [-0.2, 0) is 16.0 Å². The van der Waals surface area contributed by atoms with Crippen molar-refractivity contribution < 1.29 is 9.53 Å². The number of rotatable bonds is 6. The highest BCUT2D eigenvalue weighted by Crippen LogP contribution is 2.13. The molecule has 23 heavy (non-hydrogen) atoms. The summed E-state index contributed by atoms with van der Waals surface area (Å²) in [5.41, 5.74) is 2.20. The number of morpholine rings is 1. The number of carbonyl (C=O) groups is 1. The number of carbonyl (C=O) groups excluding carboxylic acids is 1. The Hall–Kier alpha value is -1.43. The second-order valence-electron chi connectivity index (χ2n) is 6.45. The zero-order valence-corrected chi connectivity index (χ0v) is 13.7. The number of hydrogen-bond donors (Lipinski definition) is 2. The summed E-state index contributed by atoms with van der Waals surface area (Å²) in [7, 11) is 0. The third-order valence-corrected chi connectivity index (χ3v) is 4.65. The number of hydrogen-bond acceptors (Lipinski definition) is 4. The molecule has 3 rings (SSSR count). The van der Waals surface area contributed by atoms with Crippen LogP contribution < -0.4 is 10.6 Å².